The highest BCUT2D eigenvalue weighted by molar-refractivity contribution is 5.29. The first-order valence-corrected chi connectivity index (χ1v) is 27.0. The lowest BCUT2D eigenvalue weighted by Gasteiger charge is -2.61. The summed E-state index contributed by atoms with van der Waals surface area (Å²) in [6.45, 7) is 7.71. The SMILES string of the molecule is CC(CCC1(O)O[C@H]2C[C@@]3(O)[C@@H]4CC=C5C[C@@H](O[C@@H]6O[C@H](CO)[C@@H](O)[C@H](O[C@@H]7O[C@H](CO)[C@@H](O)[C@H](O)[C@H]7O)[C@H]6O[C@@H]6O[C@@H](C)[C@H](O)[C@@H](O)[C@H]6O)CC[C@]5(C)[C@H]4CC[C@]3(C)[C@H]2[C@@H]1C)CO[C@@H]1O[C@H](CO)[C@@H](O)[C@H](O)[C@H]1O. The van der Waals surface area contributed by atoms with Crippen LogP contribution in [0.3, 0.4) is 0 Å². The Labute approximate surface area is 435 Å². The van der Waals surface area contributed by atoms with Gasteiger partial charge >= 0.3 is 0 Å². The molecule has 0 bridgehead atoms. The number of fused-ring (bicyclic) bond motifs is 7. The largest absolute Gasteiger partial charge is 0.394 e. The van der Waals surface area contributed by atoms with Crippen molar-refractivity contribution < 1.29 is 119 Å². The van der Waals surface area contributed by atoms with E-state index in [4.69, 9.17) is 42.6 Å². The minimum Gasteiger partial charge on any atom is -0.394 e. The van der Waals surface area contributed by atoms with Crippen molar-refractivity contribution in [3.63, 3.8) is 0 Å². The average Bonchev–Trinajstić information content (AvgIpc) is 3.77. The lowest BCUT2D eigenvalue weighted by atomic mass is 9.45. The smallest absolute Gasteiger partial charge is 0.187 e. The van der Waals surface area contributed by atoms with Crippen molar-refractivity contribution in [2.24, 2.45) is 40.4 Å². The minimum absolute atomic E-state index is 0.0787. The molecule has 5 aliphatic heterocycles. The van der Waals surface area contributed by atoms with E-state index in [9.17, 15) is 76.6 Å². The number of ether oxygens (including phenoxy) is 9. The summed E-state index contributed by atoms with van der Waals surface area (Å²) >= 11 is 0. The van der Waals surface area contributed by atoms with Crippen LogP contribution in [0.5, 0.6) is 0 Å². The molecule has 5 saturated heterocycles. The predicted molar refractivity (Wildman–Crippen MR) is 252 cm³/mol. The molecule has 432 valence electrons. The van der Waals surface area contributed by atoms with Crippen LogP contribution in [0.4, 0.5) is 0 Å². The summed E-state index contributed by atoms with van der Waals surface area (Å²) in [6, 6.07) is 0. The Kier molecular flexibility index (Phi) is 17.3. The maximum Gasteiger partial charge on any atom is 0.187 e. The van der Waals surface area contributed by atoms with Crippen LogP contribution in [0.25, 0.3) is 0 Å². The van der Waals surface area contributed by atoms with E-state index in [2.05, 4.69) is 19.9 Å². The summed E-state index contributed by atoms with van der Waals surface area (Å²) in [5.41, 5.74) is -0.935. The van der Waals surface area contributed by atoms with Gasteiger partial charge in [-0.25, -0.2) is 0 Å². The molecule has 15 N–H and O–H groups in total. The van der Waals surface area contributed by atoms with Crippen molar-refractivity contribution in [3.8, 4) is 0 Å². The van der Waals surface area contributed by atoms with Gasteiger partial charge < -0.3 is 119 Å². The fourth-order valence-electron chi connectivity index (χ4n) is 14.9. The first-order chi connectivity index (χ1) is 35.4. The Bertz CT molecular complexity index is 1970. The van der Waals surface area contributed by atoms with Gasteiger partial charge in [-0.3, -0.25) is 0 Å². The highest BCUT2D eigenvalue weighted by atomic mass is 16.8. The lowest BCUT2D eigenvalue weighted by Crippen LogP contribution is -2.67. The van der Waals surface area contributed by atoms with Crippen molar-refractivity contribution >= 4 is 0 Å². The van der Waals surface area contributed by atoms with Gasteiger partial charge in [0.15, 0.2) is 30.9 Å². The van der Waals surface area contributed by atoms with E-state index in [1.807, 2.05) is 13.8 Å². The van der Waals surface area contributed by atoms with Crippen molar-refractivity contribution in [3.05, 3.63) is 11.6 Å². The average molecular weight is 1080 g/mol. The highest BCUT2D eigenvalue weighted by Gasteiger charge is 2.74. The topological polar surface area (TPSA) is 387 Å². The van der Waals surface area contributed by atoms with E-state index in [1.165, 1.54) is 6.92 Å². The van der Waals surface area contributed by atoms with Gasteiger partial charge in [0.1, 0.15) is 91.6 Å². The van der Waals surface area contributed by atoms with Crippen LogP contribution < -0.4 is 0 Å². The number of aliphatic hydroxyl groups excluding tert-OH is 13. The van der Waals surface area contributed by atoms with Crippen molar-refractivity contribution in [1.29, 1.82) is 0 Å². The Hall–Kier alpha value is -1.22. The zero-order valence-electron chi connectivity index (χ0n) is 43.2. The van der Waals surface area contributed by atoms with Gasteiger partial charge in [-0.1, -0.05) is 39.3 Å². The summed E-state index contributed by atoms with van der Waals surface area (Å²) in [7, 11) is 0. The fraction of sp³-hybridized carbons (Fsp3) is 0.961. The van der Waals surface area contributed by atoms with E-state index in [0.29, 0.717) is 44.9 Å². The van der Waals surface area contributed by atoms with Gasteiger partial charge in [0.05, 0.1) is 50.3 Å². The molecule has 0 amide bonds. The lowest BCUT2D eigenvalue weighted by molar-refractivity contribution is -0.394. The Morgan fingerprint density at radius 1 is 0.627 bits per heavy atom. The van der Waals surface area contributed by atoms with E-state index in [-0.39, 0.29) is 48.0 Å². The number of hydrogen-bond donors (Lipinski definition) is 15. The molecule has 3 saturated carbocycles. The number of hydrogen-bond acceptors (Lipinski definition) is 24. The molecule has 24 heteroatoms. The maximum absolute atomic E-state index is 13.1. The third-order valence-electron chi connectivity index (χ3n) is 19.7. The van der Waals surface area contributed by atoms with Crippen LogP contribution in [0, 0.1) is 40.4 Å². The fourth-order valence-corrected chi connectivity index (χ4v) is 14.9. The molecule has 8 fully saturated rings. The molecule has 0 aromatic rings. The molecule has 75 heavy (non-hydrogen) atoms. The summed E-state index contributed by atoms with van der Waals surface area (Å²) in [4.78, 5) is 0. The normalized spacial score (nSPS) is 55.3. The molecule has 9 aliphatic rings. The van der Waals surface area contributed by atoms with Gasteiger partial charge in [-0.2, -0.15) is 0 Å². The van der Waals surface area contributed by atoms with Crippen LogP contribution in [0.15, 0.2) is 11.6 Å². The van der Waals surface area contributed by atoms with Crippen LogP contribution in [0.1, 0.15) is 92.4 Å². The predicted octanol–water partition coefficient (Wildman–Crippen LogP) is -3.89. The van der Waals surface area contributed by atoms with E-state index >= 15 is 0 Å². The Balaban J connectivity index is 0.878. The van der Waals surface area contributed by atoms with Gasteiger partial charge in [0.2, 0.25) is 0 Å². The second-order valence-electron chi connectivity index (χ2n) is 24.0. The number of allylic oxidation sites excluding steroid dienone is 1. The van der Waals surface area contributed by atoms with Gasteiger partial charge in [-0.15, -0.1) is 0 Å². The minimum atomic E-state index is -1.90. The zero-order chi connectivity index (χ0) is 54.4. The standard InChI is InChI=1S/C51H84O24/c1-20(19-67-44-39(62)37(60)33(56)28(16-52)70-44)8-13-51(66)21(2)31-27(75-51)15-50(65)26-7-6-23-14-24(9-11-48(23,4)25(26)10-12-49(31,50)5)69-47-43(74-45-40(63)36(59)32(55)22(3)68-45)42(35(58)30(18-54)72-47)73-46-41(64)38(61)34(57)29(17-53)71-46/h6,20-22,24-47,52-66H,7-19H2,1-5H3/t20?,21-,22-,24-,25-,26+,27-,28+,29+,30+,31-,32-,33+,34+,35+,36+,37-,38-,39+,40+,41+,42-,43+,44+,45-,46-,47+,48-,49+,50+,51?/m0/s1. The molecular weight excluding hydrogens is 997 g/mol. The Morgan fingerprint density at radius 2 is 1.19 bits per heavy atom. The first kappa shape index (κ1) is 58.4. The monoisotopic (exact) mass is 1080 g/mol. The summed E-state index contributed by atoms with van der Waals surface area (Å²) in [6.07, 6.45) is -25.2. The van der Waals surface area contributed by atoms with Crippen molar-refractivity contribution in [2.75, 3.05) is 26.4 Å². The molecule has 31 atom stereocenters. The molecule has 24 nitrogen and oxygen atoms in total. The molecule has 4 aliphatic carbocycles. The van der Waals surface area contributed by atoms with Gasteiger partial charge in [0.25, 0.3) is 0 Å². The van der Waals surface area contributed by atoms with Crippen molar-refractivity contribution in [1.82, 2.24) is 0 Å². The molecule has 5 heterocycles. The van der Waals surface area contributed by atoms with E-state index < -0.39 is 172 Å². The molecule has 0 spiro atoms. The quantitative estimate of drug-likeness (QED) is 0.0697. The molecule has 2 unspecified atom stereocenters. The van der Waals surface area contributed by atoms with Crippen LogP contribution in [-0.2, 0) is 42.6 Å². The summed E-state index contributed by atoms with van der Waals surface area (Å²) in [5.74, 6) is -2.14. The molecule has 0 aromatic heterocycles. The highest BCUT2D eigenvalue weighted by Crippen LogP contribution is 2.71. The van der Waals surface area contributed by atoms with Crippen LogP contribution in [-0.4, -0.2) is 249 Å². The second-order valence-corrected chi connectivity index (χ2v) is 24.0. The van der Waals surface area contributed by atoms with Crippen molar-refractivity contribution in [2.45, 2.75) is 239 Å². The van der Waals surface area contributed by atoms with Crippen LogP contribution in [0.2, 0.25) is 0 Å². The molecule has 0 radical (unpaired) electrons. The first-order valence-electron chi connectivity index (χ1n) is 27.0. The van der Waals surface area contributed by atoms with E-state index in [1.54, 1.807) is 0 Å². The van der Waals surface area contributed by atoms with Gasteiger partial charge in [-0.05, 0) is 75.0 Å². The number of aliphatic hydroxyl groups is 15. The number of rotatable bonds is 15. The molecular formula is C51H84O24. The summed E-state index contributed by atoms with van der Waals surface area (Å²) in [5, 5.41) is 162. The Morgan fingerprint density at radius 3 is 1.83 bits per heavy atom. The third kappa shape index (κ3) is 10.1. The zero-order valence-corrected chi connectivity index (χ0v) is 43.2. The summed E-state index contributed by atoms with van der Waals surface area (Å²) < 4.78 is 54.5. The van der Waals surface area contributed by atoms with Gasteiger partial charge in [0, 0.05) is 30.1 Å². The third-order valence-corrected chi connectivity index (χ3v) is 19.7. The van der Waals surface area contributed by atoms with E-state index in [0.717, 1.165) is 12.0 Å². The molecule has 9 rings (SSSR count). The maximum atomic E-state index is 13.1. The van der Waals surface area contributed by atoms with Crippen LogP contribution >= 0.6 is 0 Å². The second kappa shape index (κ2) is 22.3. The molecule has 0 aromatic carbocycles.